The third-order valence-corrected chi connectivity index (χ3v) is 6.19. The Kier molecular flexibility index (Phi) is 4.25. The van der Waals surface area contributed by atoms with E-state index in [0.717, 1.165) is 32.4 Å². The highest BCUT2D eigenvalue weighted by atomic mass is 16.5. The molecule has 1 aromatic carbocycles. The summed E-state index contributed by atoms with van der Waals surface area (Å²) in [6.45, 7) is 2.20. The zero-order valence-corrected chi connectivity index (χ0v) is 14.3. The lowest BCUT2D eigenvalue weighted by atomic mass is 9.81. The van der Waals surface area contributed by atoms with Crippen molar-refractivity contribution in [1.82, 2.24) is 15.7 Å². The summed E-state index contributed by atoms with van der Waals surface area (Å²) in [4.78, 5) is 27.0. The highest BCUT2D eigenvalue weighted by molar-refractivity contribution is 5.90. The van der Waals surface area contributed by atoms with Crippen LogP contribution in [0.2, 0.25) is 0 Å². The van der Waals surface area contributed by atoms with Gasteiger partial charge in [0.05, 0.1) is 12.0 Å². The predicted octanol–water partition coefficient (Wildman–Crippen LogP) is 1.27. The maximum Gasteiger partial charge on any atom is 0.248 e. The number of likely N-dealkylation sites (tertiary alicyclic amines) is 1. The Bertz CT molecular complexity index is 659. The van der Waals surface area contributed by atoms with Crippen LogP contribution in [-0.4, -0.2) is 47.6 Å². The van der Waals surface area contributed by atoms with Crippen molar-refractivity contribution >= 4 is 11.8 Å². The molecule has 3 atom stereocenters. The number of benzene rings is 1. The van der Waals surface area contributed by atoms with Crippen LogP contribution in [0.25, 0.3) is 0 Å². The third kappa shape index (κ3) is 3.16. The van der Waals surface area contributed by atoms with Crippen molar-refractivity contribution in [1.29, 1.82) is 0 Å². The molecule has 0 aromatic heterocycles. The van der Waals surface area contributed by atoms with Crippen LogP contribution in [0, 0.1) is 11.3 Å². The molecular formula is C19H25N3O3. The van der Waals surface area contributed by atoms with E-state index in [-0.39, 0.29) is 11.3 Å². The molecule has 25 heavy (non-hydrogen) atoms. The summed E-state index contributed by atoms with van der Waals surface area (Å²) in [5.74, 6) is -0.601. The molecule has 4 rings (SSSR count). The zero-order valence-electron chi connectivity index (χ0n) is 14.3. The number of amides is 2. The van der Waals surface area contributed by atoms with Crippen LogP contribution in [0.1, 0.15) is 37.2 Å². The molecule has 1 aliphatic carbocycles. The van der Waals surface area contributed by atoms with Gasteiger partial charge in [-0.1, -0.05) is 30.3 Å². The van der Waals surface area contributed by atoms with Crippen LogP contribution in [-0.2, 0) is 9.59 Å². The molecule has 134 valence electrons. The average Bonchev–Trinajstić information content (AvgIpc) is 3.22. The van der Waals surface area contributed by atoms with E-state index in [9.17, 15) is 9.59 Å². The minimum Gasteiger partial charge on any atom is -0.341 e. The summed E-state index contributed by atoms with van der Waals surface area (Å²) in [5, 5.41) is 12.4. The number of rotatable bonds is 3. The van der Waals surface area contributed by atoms with E-state index in [4.69, 9.17) is 5.21 Å². The Balaban J connectivity index is 1.45. The molecule has 6 nitrogen and oxygen atoms in total. The quantitative estimate of drug-likeness (QED) is 0.570. The van der Waals surface area contributed by atoms with Gasteiger partial charge in [0, 0.05) is 25.6 Å². The van der Waals surface area contributed by atoms with Gasteiger partial charge in [0.1, 0.15) is 0 Å². The van der Waals surface area contributed by atoms with E-state index in [0.29, 0.717) is 18.9 Å². The van der Waals surface area contributed by atoms with E-state index in [1.165, 1.54) is 5.56 Å². The zero-order chi connectivity index (χ0) is 17.4. The summed E-state index contributed by atoms with van der Waals surface area (Å²) < 4.78 is 0. The van der Waals surface area contributed by atoms with Crippen molar-refractivity contribution in [2.24, 2.45) is 11.3 Å². The van der Waals surface area contributed by atoms with E-state index < -0.39 is 17.9 Å². The number of hydrogen-bond acceptors (Lipinski definition) is 4. The Morgan fingerprint density at radius 3 is 2.68 bits per heavy atom. The van der Waals surface area contributed by atoms with Crippen molar-refractivity contribution in [3.8, 4) is 0 Å². The molecule has 1 aromatic rings. The summed E-state index contributed by atoms with van der Waals surface area (Å²) in [7, 11) is 0. The number of nitrogens with zero attached hydrogens (tertiary/aromatic N) is 1. The van der Waals surface area contributed by atoms with E-state index in [1.807, 2.05) is 23.1 Å². The van der Waals surface area contributed by atoms with Gasteiger partial charge in [-0.05, 0) is 36.7 Å². The molecule has 6 heteroatoms. The van der Waals surface area contributed by atoms with E-state index in [1.54, 1.807) is 5.48 Å². The second-order valence-electron chi connectivity index (χ2n) is 7.83. The first-order chi connectivity index (χ1) is 12.1. The molecule has 3 aliphatic rings. The topological polar surface area (TPSA) is 81.7 Å². The van der Waals surface area contributed by atoms with Gasteiger partial charge in [0.15, 0.2) is 0 Å². The lowest BCUT2D eigenvalue weighted by molar-refractivity contribution is -0.144. The van der Waals surface area contributed by atoms with Crippen LogP contribution in [0.4, 0.5) is 0 Å². The second kappa shape index (κ2) is 6.42. The van der Waals surface area contributed by atoms with Gasteiger partial charge in [-0.3, -0.25) is 14.8 Å². The Labute approximate surface area is 147 Å². The molecule has 3 N–H and O–H groups in total. The molecule has 2 amide bonds. The molecule has 0 radical (unpaired) electrons. The van der Waals surface area contributed by atoms with E-state index >= 15 is 0 Å². The maximum absolute atomic E-state index is 13.0. The molecule has 1 unspecified atom stereocenters. The summed E-state index contributed by atoms with van der Waals surface area (Å²) in [6.07, 6.45) is 3.81. The summed E-state index contributed by atoms with van der Waals surface area (Å²) >= 11 is 0. The van der Waals surface area contributed by atoms with Gasteiger partial charge in [0.25, 0.3) is 0 Å². The van der Waals surface area contributed by atoms with Gasteiger partial charge in [-0.15, -0.1) is 0 Å². The highest BCUT2D eigenvalue weighted by Crippen LogP contribution is 2.52. The fraction of sp³-hybridized carbons (Fsp3) is 0.579. The van der Waals surface area contributed by atoms with Crippen molar-refractivity contribution in [2.75, 3.05) is 19.6 Å². The average molecular weight is 343 g/mol. The third-order valence-electron chi connectivity index (χ3n) is 6.19. The monoisotopic (exact) mass is 343 g/mol. The molecular weight excluding hydrogens is 318 g/mol. The van der Waals surface area contributed by atoms with Gasteiger partial charge in [-0.25, -0.2) is 5.48 Å². The number of carbonyl (C=O) groups excluding carboxylic acids is 2. The van der Waals surface area contributed by atoms with Gasteiger partial charge in [-0.2, -0.15) is 0 Å². The molecule has 2 saturated heterocycles. The number of piperidine rings is 1. The minimum atomic E-state index is -0.534. The van der Waals surface area contributed by atoms with Crippen LogP contribution in [0.15, 0.2) is 30.3 Å². The number of carbonyl (C=O) groups is 2. The fourth-order valence-electron chi connectivity index (χ4n) is 4.42. The minimum absolute atomic E-state index is 0.0115. The Morgan fingerprint density at radius 1 is 1.24 bits per heavy atom. The van der Waals surface area contributed by atoms with Crippen LogP contribution in [0.5, 0.6) is 0 Å². The largest absolute Gasteiger partial charge is 0.341 e. The van der Waals surface area contributed by atoms with Gasteiger partial charge >= 0.3 is 0 Å². The molecule has 2 aliphatic heterocycles. The van der Waals surface area contributed by atoms with Crippen LogP contribution in [0.3, 0.4) is 0 Å². The Hall–Kier alpha value is -1.92. The molecule has 1 spiro atoms. The number of nitrogens with one attached hydrogen (secondary N) is 2. The first-order valence-corrected chi connectivity index (χ1v) is 9.13. The number of hydrogen-bond donors (Lipinski definition) is 3. The number of hydroxylamine groups is 1. The van der Waals surface area contributed by atoms with Crippen molar-refractivity contribution in [3.05, 3.63) is 35.9 Å². The normalized spacial score (nSPS) is 30.3. The van der Waals surface area contributed by atoms with Crippen molar-refractivity contribution < 1.29 is 14.8 Å². The predicted molar refractivity (Wildman–Crippen MR) is 91.9 cm³/mol. The smallest absolute Gasteiger partial charge is 0.248 e. The second-order valence-corrected chi connectivity index (χ2v) is 7.83. The Morgan fingerprint density at radius 2 is 2.00 bits per heavy atom. The summed E-state index contributed by atoms with van der Waals surface area (Å²) in [5.41, 5.74) is 3.18. The van der Waals surface area contributed by atoms with Crippen molar-refractivity contribution in [3.63, 3.8) is 0 Å². The molecule has 0 bridgehead atoms. The molecule has 2 heterocycles. The first kappa shape index (κ1) is 16.5. The van der Waals surface area contributed by atoms with Crippen molar-refractivity contribution in [2.45, 2.75) is 37.6 Å². The molecule has 3 fully saturated rings. The lowest BCUT2D eigenvalue weighted by Gasteiger charge is -2.37. The first-order valence-electron chi connectivity index (χ1n) is 9.13. The lowest BCUT2D eigenvalue weighted by Crippen LogP contribution is -2.58. The van der Waals surface area contributed by atoms with E-state index in [2.05, 4.69) is 17.4 Å². The van der Waals surface area contributed by atoms with Crippen LogP contribution >= 0.6 is 0 Å². The fourth-order valence-corrected chi connectivity index (χ4v) is 4.42. The van der Waals surface area contributed by atoms with Gasteiger partial charge < -0.3 is 10.2 Å². The highest BCUT2D eigenvalue weighted by Gasteiger charge is 2.53. The van der Waals surface area contributed by atoms with Gasteiger partial charge in [0.2, 0.25) is 11.8 Å². The maximum atomic E-state index is 13.0. The summed E-state index contributed by atoms with van der Waals surface area (Å²) in [6, 6.07) is 9.73. The molecule has 1 saturated carbocycles. The SMILES string of the molecule is O=C(NO)C1CC2(CC2)CN[C@@H]1C(=O)N1CC[C@@H](c2ccccc2)C1. The standard InChI is InChI=1S/C19H25N3O3/c23-17(21-25)15-10-19(7-8-19)12-20-16(15)18(24)22-9-6-14(11-22)13-4-2-1-3-5-13/h1-5,14-16,20,25H,6-12H2,(H,21,23)/t14-,15?,16+/m1/s1. The van der Waals surface area contributed by atoms with Crippen LogP contribution < -0.4 is 10.8 Å².